The van der Waals surface area contributed by atoms with Crippen molar-refractivity contribution in [3.63, 3.8) is 0 Å². The molecule has 1 fully saturated rings. The van der Waals surface area contributed by atoms with E-state index < -0.39 is 72.2 Å². The zero-order chi connectivity index (χ0) is 72.3. The van der Waals surface area contributed by atoms with Gasteiger partial charge in [0.15, 0.2) is 36.4 Å². The van der Waals surface area contributed by atoms with Crippen molar-refractivity contribution < 1.29 is 105 Å². The Bertz CT molecular complexity index is 3380. The number of carboxylic acids is 1. The number of thiocarbonyl (C=S) groups is 1. The largest absolute Gasteiger partial charge is 0.481 e. The van der Waals surface area contributed by atoms with E-state index >= 15 is 0 Å². The number of benzene rings is 2. The second-order valence-corrected chi connectivity index (χ2v) is 21.5. The highest BCUT2D eigenvalue weighted by Gasteiger charge is 2.31. The number of aliphatic carboxylic acids is 1. The fourth-order valence-electron chi connectivity index (χ4n) is 9.05. The normalized spacial score (nSPS) is 16.0. The van der Waals surface area contributed by atoms with Gasteiger partial charge in [-0.2, -0.15) is 0 Å². The Morgan fingerprint density at radius 2 is 1.23 bits per heavy atom. The lowest BCUT2D eigenvalue weighted by Crippen LogP contribution is -2.36. The summed E-state index contributed by atoms with van der Waals surface area (Å²) in [7, 11) is 11.0. The number of anilines is 2. The van der Waals surface area contributed by atoms with E-state index in [0.717, 1.165) is 22.5 Å². The zero-order valence-electron chi connectivity index (χ0n) is 55.0. The van der Waals surface area contributed by atoms with Crippen molar-refractivity contribution in [3.8, 4) is 17.1 Å². The molecule has 7 atom stereocenters. The first-order valence-corrected chi connectivity index (χ1v) is 30.5. The molecule has 3 aromatic heterocycles. The van der Waals surface area contributed by atoms with Crippen LogP contribution in [-0.2, 0) is 89.2 Å². The number of carbonyl (C=O) groups excluding carboxylic acids is 4. The summed E-state index contributed by atoms with van der Waals surface area (Å²) >= 11 is 8.81. The molecule has 8 rings (SSSR count). The second kappa shape index (κ2) is 43.8. The van der Waals surface area contributed by atoms with Gasteiger partial charge in [0.2, 0.25) is 17.8 Å². The topological polar surface area (TPSA) is 462 Å². The molecule has 0 amide bonds. The van der Waals surface area contributed by atoms with E-state index in [1.165, 1.54) is 81.1 Å². The Morgan fingerprint density at radius 1 is 0.711 bits per heavy atom. The van der Waals surface area contributed by atoms with E-state index in [4.69, 9.17) is 84.3 Å². The van der Waals surface area contributed by atoms with Crippen LogP contribution in [0.5, 0.6) is 5.88 Å². The molecule has 13 N–H and O–H groups in total. The maximum atomic E-state index is 14.3. The van der Waals surface area contributed by atoms with Crippen LogP contribution in [0, 0.1) is 25.5 Å². The Balaban J connectivity index is 0.000000342. The van der Waals surface area contributed by atoms with E-state index in [-0.39, 0.29) is 63.0 Å². The van der Waals surface area contributed by atoms with Crippen LogP contribution in [0.2, 0.25) is 0 Å². The maximum absolute atomic E-state index is 14.3. The van der Waals surface area contributed by atoms with E-state index in [1.807, 2.05) is 6.92 Å². The number of carbonyl (C=O) groups is 5. The lowest BCUT2D eigenvalue weighted by Gasteiger charge is -2.28. The number of nitrogen functional groups attached to an aromatic ring is 2. The Labute approximate surface area is 571 Å². The number of aliphatic hydroxyl groups excluding tert-OH is 2. The van der Waals surface area contributed by atoms with Crippen LogP contribution in [0.1, 0.15) is 89.2 Å². The number of carboxylic acid groups (broad SMARTS) is 1. The number of aliphatic hydroxyl groups is 2. The quantitative estimate of drug-likeness (QED) is 0.0141. The Hall–Kier alpha value is -8.24. The summed E-state index contributed by atoms with van der Waals surface area (Å²) in [5, 5.41) is 29.4. The SMILES string of the molecule is COC(=O)[C@H](CCO)OC.COC(=O)[C@H](CCON)OC.COC(=O)[C@H](CCON)OC.COc1cccc(-c2cc(F)ccc2[C@H]2Cc3nc(N)nc(C)c3C(NOCC[C@H](OC)C(=O)O)=N2)n1.Cc1nc(N)nc2c1C(=S)N[C@@H](c1ccc(F)cc1Br)C2.O=C1OCC[C@@H]1O. The van der Waals surface area contributed by atoms with Gasteiger partial charge in [-0.1, -0.05) is 46.3 Å². The first-order chi connectivity index (χ1) is 46.3. The summed E-state index contributed by atoms with van der Waals surface area (Å²) < 4.78 is 70.4. The fourth-order valence-corrected chi connectivity index (χ4v) is 10.1. The molecule has 32 nitrogen and oxygen atoms in total. The third-order valence-electron chi connectivity index (χ3n) is 13.9. The number of nitrogens with zero attached hydrogens (tertiary/aromatic N) is 6. The number of hydrogen-bond donors (Lipinski definition) is 9. The summed E-state index contributed by atoms with van der Waals surface area (Å²) in [6, 6.07) is 13.7. The van der Waals surface area contributed by atoms with Crippen LogP contribution >= 0.6 is 28.1 Å². The van der Waals surface area contributed by atoms with Gasteiger partial charge in [-0.15, -0.1) is 0 Å². The number of nitrogens with one attached hydrogen (secondary N) is 2. The minimum atomic E-state index is -1.08. The van der Waals surface area contributed by atoms with E-state index in [9.17, 15) is 32.8 Å². The number of esters is 4. The van der Waals surface area contributed by atoms with Gasteiger partial charge in [-0.3, -0.25) is 9.83 Å². The van der Waals surface area contributed by atoms with Crippen molar-refractivity contribution in [1.29, 1.82) is 0 Å². The molecule has 0 saturated carbocycles. The molecule has 36 heteroatoms. The Morgan fingerprint density at radius 3 is 1.69 bits per heavy atom. The molecule has 6 heterocycles. The summed E-state index contributed by atoms with van der Waals surface area (Å²) in [4.78, 5) is 94.7. The van der Waals surface area contributed by atoms with E-state index in [1.54, 1.807) is 37.3 Å². The molecular formula is C61H83BrF2N12O20S. The number of aliphatic imine (C=N–C) groups is 1. The molecule has 5 aromatic rings. The molecule has 0 spiro atoms. The van der Waals surface area contributed by atoms with Crippen LogP contribution in [0.25, 0.3) is 11.3 Å². The number of nitrogens with two attached hydrogens (primary N) is 4. The molecule has 0 aliphatic carbocycles. The van der Waals surface area contributed by atoms with Crippen molar-refractivity contribution >= 4 is 80.7 Å². The molecule has 2 aromatic carbocycles. The number of cyclic esters (lactones) is 1. The maximum Gasteiger partial charge on any atom is 0.335 e. The monoisotopic (exact) mass is 1450 g/mol. The number of pyridine rings is 1. The summed E-state index contributed by atoms with van der Waals surface area (Å²) in [6.45, 7) is 4.52. The number of hydrogen-bond acceptors (Lipinski definition) is 31. The number of ether oxygens (including phenoxy) is 9. The molecule has 534 valence electrons. The van der Waals surface area contributed by atoms with Crippen LogP contribution in [0.3, 0.4) is 0 Å². The molecule has 0 bridgehead atoms. The predicted octanol–water partition coefficient (Wildman–Crippen LogP) is 3.22. The predicted molar refractivity (Wildman–Crippen MR) is 350 cm³/mol. The Kier molecular flexibility index (Phi) is 37.5. The average molecular weight is 1450 g/mol. The van der Waals surface area contributed by atoms with Crippen LogP contribution < -0.4 is 38.8 Å². The van der Waals surface area contributed by atoms with Crippen molar-refractivity contribution in [2.75, 3.05) is 101 Å². The molecule has 0 radical (unpaired) electrons. The number of hydroxylamine groups is 1. The standard InChI is InChI=1S/C25H27FN6O5.C14H12BrFN4S.2C6H13NO4.C6H12O4.C4H6O3/c1-13-22-19(31-25(27)28-13)12-18(30-23(22)32-37-10-9-20(35-2)24(33)34)15-8-7-14(26)11-16(15)17-5-4-6-21(29-17)36-3;1-6-12-11(20-14(17)18-6)5-10(19-13(12)21)8-3-2-7(16)4-9(8)15;2*1-9-5(3-4-11-7)6(8)10-2;1-9-5(3-4-7)6(8)10-2;5-3-1-2-7-4(3)6/h4-8,11,18,20H,9-10,12H2,1-3H3,(H,30,32)(H,33,34)(H2,27,28,31);2-4,10H,5H2,1H3,(H,19,21)(H2,17,18,20);2*5H,3-4,7H2,1-2H3;5,7H,3-4H2,1-2H3;3,5H,1-2H2/t18-,20+;10-;3*5-;3-/m110000/s1. The molecule has 0 unspecified atom stereocenters. The summed E-state index contributed by atoms with van der Waals surface area (Å²) in [6.07, 6.45) is -0.988. The van der Waals surface area contributed by atoms with Crippen molar-refractivity contribution in [2.24, 2.45) is 16.8 Å². The number of methoxy groups -OCH3 is 8. The first kappa shape index (κ1) is 83.0. The first-order valence-electron chi connectivity index (χ1n) is 29.3. The number of aromatic nitrogens is 5. The summed E-state index contributed by atoms with van der Waals surface area (Å²) in [5.41, 5.74) is 21.5. The van der Waals surface area contributed by atoms with Gasteiger partial charge in [0.25, 0.3) is 0 Å². The van der Waals surface area contributed by atoms with E-state index in [2.05, 4.69) is 80.3 Å². The number of aryl methyl sites for hydroxylation is 2. The third-order valence-corrected chi connectivity index (χ3v) is 14.9. The smallest absolute Gasteiger partial charge is 0.335 e. The summed E-state index contributed by atoms with van der Waals surface area (Å²) in [5.74, 6) is 7.10. The highest BCUT2D eigenvalue weighted by molar-refractivity contribution is 9.10. The van der Waals surface area contributed by atoms with Gasteiger partial charge in [0.05, 0.1) is 107 Å². The van der Waals surface area contributed by atoms with Gasteiger partial charge in [0, 0.05) is 96.1 Å². The second-order valence-electron chi connectivity index (χ2n) is 20.2. The van der Waals surface area contributed by atoms with Gasteiger partial charge in [0.1, 0.15) is 16.6 Å². The number of amidine groups is 1. The highest BCUT2D eigenvalue weighted by Crippen LogP contribution is 2.37. The highest BCUT2D eigenvalue weighted by atomic mass is 79.9. The van der Waals surface area contributed by atoms with Gasteiger partial charge >= 0.3 is 29.8 Å². The van der Waals surface area contributed by atoms with Crippen LogP contribution in [-0.4, -0.2) is 201 Å². The molecule has 3 aliphatic rings. The minimum Gasteiger partial charge on any atom is -0.481 e. The average Bonchev–Trinajstić information content (AvgIpc) is 1.17. The van der Waals surface area contributed by atoms with Crippen molar-refractivity contribution in [3.05, 3.63) is 116 Å². The van der Waals surface area contributed by atoms with Gasteiger partial charge in [-0.25, -0.2) is 74.9 Å². The van der Waals surface area contributed by atoms with Crippen LogP contribution in [0.4, 0.5) is 20.7 Å². The zero-order valence-corrected chi connectivity index (χ0v) is 57.4. The molecule has 1 saturated heterocycles. The molecule has 3 aliphatic heterocycles. The molecular weight excluding hydrogens is 1370 g/mol. The van der Waals surface area contributed by atoms with Crippen LogP contribution in [0.15, 0.2) is 64.1 Å². The number of rotatable bonds is 24. The lowest BCUT2D eigenvalue weighted by atomic mass is 9.91. The van der Waals surface area contributed by atoms with Gasteiger partial charge in [-0.05, 0) is 55.3 Å². The molecule has 97 heavy (non-hydrogen) atoms. The number of halogens is 3. The van der Waals surface area contributed by atoms with Crippen molar-refractivity contribution in [2.45, 2.75) is 101 Å². The third kappa shape index (κ3) is 26.6. The fraction of sp³-hybridized carbons (Fsp3) is 0.475. The minimum absolute atomic E-state index is 0.0359. The van der Waals surface area contributed by atoms with Crippen molar-refractivity contribution in [1.82, 2.24) is 35.7 Å². The number of fused-ring (bicyclic) bond motifs is 2. The van der Waals surface area contributed by atoms with Gasteiger partial charge < -0.3 is 84.4 Å². The van der Waals surface area contributed by atoms with E-state index in [0.29, 0.717) is 93.7 Å². The lowest BCUT2D eigenvalue weighted by molar-refractivity contribution is -0.154.